The van der Waals surface area contributed by atoms with Crippen LogP contribution in [0.15, 0.2) is 85.1 Å². The quantitative estimate of drug-likeness (QED) is 0.425. The van der Waals surface area contributed by atoms with Crippen molar-refractivity contribution in [1.82, 2.24) is 9.88 Å². The van der Waals surface area contributed by atoms with Gasteiger partial charge in [-0.3, -0.25) is 0 Å². The lowest BCUT2D eigenvalue weighted by molar-refractivity contribution is 0.575. The van der Waals surface area contributed by atoms with Gasteiger partial charge in [0.05, 0.1) is 0 Å². The Hall–Kier alpha value is -2.55. The van der Waals surface area contributed by atoms with Crippen molar-refractivity contribution in [3.05, 3.63) is 107 Å². The van der Waals surface area contributed by atoms with E-state index in [4.69, 9.17) is 11.6 Å². The first-order valence-corrected chi connectivity index (χ1v) is 9.68. The molecule has 136 valence electrons. The largest absolute Gasteiger partial charge is 0.343 e. The van der Waals surface area contributed by atoms with Gasteiger partial charge in [0, 0.05) is 41.3 Å². The molecule has 0 radical (unpaired) electrons. The van der Waals surface area contributed by atoms with Gasteiger partial charge in [0.25, 0.3) is 0 Å². The molecule has 4 aromatic rings. The van der Waals surface area contributed by atoms with Gasteiger partial charge in [0.1, 0.15) is 0 Å². The predicted molar refractivity (Wildman–Crippen MR) is 114 cm³/mol. The molecule has 0 spiro atoms. The normalized spacial score (nSPS) is 12.4. The average Bonchev–Trinajstić information content (AvgIpc) is 3.06. The van der Waals surface area contributed by atoms with Crippen LogP contribution >= 0.6 is 11.6 Å². The van der Waals surface area contributed by atoms with Crippen molar-refractivity contribution in [1.29, 1.82) is 0 Å². The molecule has 0 saturated heterocycles. The summed E-state index contributed by atoms with van der Waals surface area (Å²) in [5, 5.41) is 5.74. The first-order valence-electron chi connectivity index (χ1n) is 9.30. The molecule has 0 bridgehead atoms. The zero-order valence-electron chi connectivity index (χ0n) is 15.4. The zero-order valence-corrected chi connectivity index (χ0v) is 16.2. The van der Waals surface area contributed by atoms with E-state index in [0.29, 0.717) is 6.04 Å². The third kappa shape index (κ3) is 4.08. The number of aromatic nitrogens is 1. The minimum absolute atomic E-state index is 0.310. The van der Waals surface area contributed by atoms with E-state index in [2.05, 4.69) is 89.7 Å². The molecule has 0 aliphatic heterocycles. The molecule has 1 heterocycles. The molecule has 4 rings (SSSR count). The fraction of sp³-hybridized carbons (Fsp3) is 0.167. The zero-order chi connectivity index (χ0) is 18.6. The molecule has 0 fully saturated rings. The minimum Gasteiger partial charge on any atom is -0.343 e. The summed E-state index contributed by atoms with van der Waals surface area (Å²) >= 11 is 6.02. The van der Waals surface area contributed by atoms with Crippen LogP contribution in [0.4, 0.5) is 0 Å². The van der Waals surface area contributed by atoms with Crippen LogP contribution < -0.4 is 5.32 Å². The van der Waals surface area contributed by atoms with Gasteiger partial charge in [-0.2, -0.15) is 0 Å². The van der Waals surface area contributed by atoms with Gasteiger partial charge >= 0.3 is 0 Å². The van der Waals surface area contributed by atoms with Crippen LogP contribution in [0, 0.1) is 0 Å². The van der Waals surface area contributed by atoms with E-state index in [1.54, 1.807) is 0 Å². The molecular weight excluding hydrogens is 352 g/mol. The van der Waals surface area contributed by atoms with Gasteiger partial charge < -0.3 is 9.88 Å². The highest BCUT2D eigenvalue weighted by molar-refractivity contribution is 6.30. The Bertz CT molecular complexity index is 1020. The van der Waals surface area contributed by atoms with Crippen molar-refractivity contribution < 1.29 is 0 Å². The van der Waals surface area contributed by atoms with Crippen molar-refractivity contribution >= 4 is 22.5 Å². The Morgan fingerprint density at radius 3 is 2.37 bits per heavy atom. The SMILES string of the molecule is C[C@@H](NCc1cn(Cc2ccc(Cl)cc2)c2ccccc12)c1ccccc1. The molecule has 1 atom stereocenters. The third-order valence-electron chi connectivity index (χ3n) is 5.04. The second-order valence-electron chi connectivity index (χ2n) is 6.94. The van der Waals surface area contributed by atoms with E-state index in [9.17, 15) is 0 Å². The van der Waals surface area contributed by atoms with Crippen LogP contribution in [0.3, 0.4) is 0 Å². The lowest BCUT2D eigenvalue weighted by atomic mass is 10.1. The summed E-state index contributed by atoms with van der Waals surface area (Å²) in [5.41, 5.74) is 5.14. The first kappa shape index (κ1) is 17.8. The van der Waals surface area contributed by atoms with Crippen molar-refractivity contribution in [2.24, 2.45) is 0 Å². The van der Waals surface area contributed by atoms with Crippen LogP contribution in [0.25, 0.3) is 10.9 Å². The van der Waals surface area contributed by atoms with Gasteiger partial charge in [0.2, 0.25) is 0 Å². The summed E-state index contributed by atoms with van der Waals surface area (Å²) in [5.74, 6) is 0. The highest BCUT2D eigenvalue weighted by Crippen LogP contribution is 2.24. The summed E-state index contributed by atoms with van der Waals surface area (Å²) in [4.78, 5) is 0. The van der Waals surface area contributed by atoms with Crippen LogP contribution in [0.2, 0.25) is 5.02 Å². The molecule has 3 aromatic carbocycles. The van der Waals surface area contributed by atoms with Crippen LogP contribution in [-0.2, 0) is 13.1 Å². The standard InChI is InChI=1S/C24H23ClN2/c1-18(20-7-3-2-4-8-20)26-15-21-17-27(24-10-6-5-9-23(21)24)16-19-11-13-22(25)14-12-19/h2-14,17-18,26H,15-16H2,1H3/t18-/m1/s1. The van der Waals surface area contributed by atoms with Crippen molar-refractivity contribution in [3.63, 3.8) is 0 Å². The van der Waals surface area contributed by atoms with E-state index in [1.807, 2.05) is 12.1 Å². The maximum Gasteiger partial charge on any atom is 0.0486 e. The minimum atomic E-state index is 0.310. The van der Waals surface area contributed by atoms with Gasteiger partial charge in [-0.05, 0) is 41.8 Å². The lowest BCUT2D eigenvalue weighted by Crippen LogP contribution is -2.17. The van der Waals surface area contributed by atoms with Gasteiger partial charge in [-0.15, -0.1) is 0 Å². The molecule has 2 nitrogen and oxygen atoms in total. The molecular formula is C24H23ClN2. The van der Waals surface area contributed by atoms with Crippen molar-refractivity contribution in [2.75, 3.05) is 0 Å². The monoisotopic (exact) mass is 374 g/mol. The molecule has 1 N–H and O–H groups in total. The van der Waals surface area contributed by atoms with E-state index < -0.39 is 0 Å². The molecule has 0 unspecified atom stereocenters. The summed E-state index contributed by atoms with van der Waals surface area (Å²) in [6.45, 7) is 3.89. The average molecular weight is 375 g/mol. The number of benzene rings is 3. The Labute approximate surface area is 165 Å². The van der Waals surface area contributed by atoms with E-state index in [0.717, 1.165) is 18.1 Å². The van der Waals surface area contributed by atoms with Crippen molar-refractivity contribution in [3.8, 4) is 0 Å². The fourth-order valence-electron chi connectivity index (χ4n) is 3.50. The Kier molecular flexibility index (Phi) is 5.28. The number of halogens is 1. The fourth-order valence-corrected chi connectivity index (χ4v) is 3.63. The topological polar surface area (TPSA) is 17.0 Å². The van der Waals surface area contributed by atoms with E-state index in [1.165, 1.54) is 27.6 Å². The highest BCUT2D eigenvalue weighted by Gasteiger charge is 2.10. The highest BCUT2D eigenvalue weighted by atomic mass is 35.5. The van der Waals surface area contributed by atoms with E-state index >= 15 is 0 Å². The Balaban J connectivity index is 1.57. The summed E-state index contributed by atoms with van der Waals surface area (Å²) < 4.78 is 2.32. The van der Waals surface area contributed by atoms with Gasteiger partial charge in [0.15, 0.2) is 0 Å². The molecule has 0 aliphatic rings. The molecule has 0 saturated carbocycles. The smallest absolute Gasteiger partial charge is 0.0486 e. The Morgan fingerprint density at radius 2 is 1.59 bits per heavy atom. The van der Waals surface area contributed by atoms with Crippen LogP contribution in [-0.4, -0.2) is 4.57 Å². The number of nitrogens with one attached hydrogen (secondary N) is 1. The maximum atomic E-state index is 6.02. The van der Waals surface area contributed by atoms with Crippen molar-refractivity contribution in [2.45, 2.75) is 26.1 Å². The third-order valence-corrected chi connectivity index (χ3v) is 5.29. The Morgan fingerprint density at radius 1 is 0.889 bits per heavy atom. The summed E-state index contributed by atoms with van der Waals surface area (Å²) in [7, 11) is 0. The second-order valence-corrected chi connectivity index (χ2v) is 7.38. The summed E-state index contributed by atoms with van der Waals surface area (Å²) in [6.07, 6.45) is 2.27. The van der Waals surface area contributed by atoms with Crippen LogP contribution in [0.5, 0.6) is 0 Å². The number of hydrogen-bond donors (Lipinski definition) is 1. The number of hydrogen-bond acceptors (Lipinski definition) is 1. The molecule has 27 heavy (non-hydrogen) atoms. The molecule has 3 heteroatoms. The number of fused-ring (bicyclic) bond motifs is 1. The number of nitrogens with zero attached hydrogens (tertiary/aromatic N) is 1. The second kappa shape index (κ2) is 7.99. The first-order chi connectivity index (χ1) is 13.2. The predicted octanol–water partition coefficient (Wildman–Crippen LogP) is 6.19. The van der Waals surface area contributed by atoms with Crippen LogP contribution in [0.1, 0.15) is 29.7 Å². The molecule has 0 aliphatic carbocycles. The lowest BCUT2D eigenvalue weighted by Gasteiger charge is -2.13. The number of para-hydroxylation sites is 1. The molecule has 1 aromatic heterocycles. The van der Waals surface area contributed by atoms with E-state index in [-0.39, 0.29) is 0 Å². The molecule has 0 amide bonds. The van der Waals surface area contributed by atoms with Gasteiger partial charge in [-0.1, -0.05) is 72.3 Å². The maximum absolute atomic E-state index is 6.02. The summed E-state index contributed by atoms with van der Waals surface area (Å²) in [6, 6.07) is 27.6. The number of rotatable bonds is 6. The van der Waals surface area contributed by atoms with Gasteiger partial charge in [-0.25, -0.2) is 0 Å².